The summed E-state index contributed by atoms with van der Waals surface area (Å²) in [5, 5.41) is 2.43. The van der Waals surface area contributed by atoms with Gasteiger partial charge in [0.15, 0.2) is 5.69 Å². The second-order valence-corrected chi connectivity index (χ2v) is 10.3. The van der Waals surface area contributed by atoms with Crippen molar-refractivity contribution in [3.63, 3.8) is 0 Å². The van der Waals surface area contributed by atoms with Crippen LogP contribution in [0.2, 0.25) is 0 Å². The summed E-state index contributed by atoms with van der Waals surface area (Å²) in [7, 11) is -3.75. The first-order valence-corrected chi connectivity index (χ1v) is 12.8. The molecule has 182 valence electrons. The Hall–Kier alpha value is -3.92. The number of nitrogens with zero attached hydrogens (tertiary/aromatic N) is 3. The molecule has 0 aliphatic carbocycles. The van der Waals surface area contributed by atoms with Crippen LogP contribution in [0.3, 0.4) is 0 Å². The van der Waals surface area contributed by atoms with Gasteiger partial charge in [0.05, 0.1) is 31.2 Å². The quantitative estimate of drug-likeness (QED) is 0.357. The summed E-state index contributed by atoms with van der Waals surface area (Å²) in [5.74, 6) is 1.48. The normalized spacial score (nSPS) is 11.4. The summed E-state index contributed by atoms with van der Waals surface area (Å²) in [6.07, 6.45) is 3.90. The minimum atomic E-state index is -3.75. The van der Waals surface area contributed by atoms with Gasteiger partial charge in [0.1, 0.15) is 17.3 Å². The Balaban J connectivity index is 1.78. The second-order valence-electron chi connectivity index (χ2n) is 8.38. The third-order valence-corrected chi connectivity index (χ3v) is 6.19. The van der Waals surface area contributed by atoms with E-state index in [4.69, 9.17) is 8.83 Å². The van der Waals surface area contributed by atoms with Crippen LogP contribution >= 0.6 is 0 Å². The summed E-state index contributed by atoms with van der Waals surface area (Å²) < 4.78 is 35.6. The number of nitrogens with one attached hydrogen (secondary N) is 1. The Morgan fingerprint density at radius 1 is 1.06 bits per heavy atom. The monoisotopic (exact) mass is 494 g/mol. The van der Waals surface area contributed by atoms with Gasteiger partial charge in [0.2, 0.25) is 15.0 Å². The third-order valence-electron chi connectivity index (χ3n) is 5.33. The summed E-state index contributed by atoms with van der Waals surface area (Å²) in [6, 6.07) is 12.9. The Labute approximate surface area is 203 Å². The van der Waals surface area contributed by atoms with Gasteiger partial charge < -0.3 is 19.1 Å². The van der Waals surface area contributed by atoms with Crippen molar-refractivity contribution in [3.8, 4) is 0 Å². The Bertz CT molecular complexity index is 1460. The molecule has 4 rings (SSSR count). The largest absolute Gasteiger partial charge is 0.467 e. The molecule has 0 saturated heterocycles. The molecule has 3 aromatic heterocycles. The van der Waals surface area contributed by atoms with Crippen molar-refractivity contribution in [1.82, 2.24) is 9.97 Å². The lowest BCUT2D eigenvalue weighted by atomic mass is 10.1. The zero-order chi connectivity index (χ0) is 25.2. The maximum absolute atomic E-state index is 13.4. The van der Waals surface area contributed by atoms with Gasteiger partial charge in [-0.15, -0.1) is 0 Å². The van der Waals surface area contributed by atoms with E-state index in [1.807, 2.05) is 51.1 Å². The van der Waals surface area contributed by atoms with Gasteiger partial charge >= 0.3 is 0 Å². The maximum atomic E-state index is 13.4. The van der Waals surface area contributed by atoms with Crippen LogP contribution in [0.15, 0.2) is 68.9 Å². The average Bonchev–Trinajstić information content (AvgIpc) is 3.46. The van der Waals surface area contributed by atoms with Crippen LogP contribution in [0.4, 0.5) is 11.4 Å². The van der Waals surface area contributed by atoms with E-state index in [-0.39, 0.29) is 18.8 Å². The average molecular weight is 495 g/mol. The molecule has 0 aliphatic rings. The van der Waals surface area contributed by atoms with E-state index >= 15 is 0 Å². The highest BCUT2D eigenvalue weighted by atomic mass is 32.2. The molecule has 1 aromatic carbocycles. The van der Waals surface area contributed by atoms with Crippen molar-refractivity contribution in [2.45, 2.75) is 39.0 Å². The van der Waals surface area contributed by atoms with Crippen LogP contribution in [-0.4, -0.2) is 30.5 Å². The minimum Gasteiger partial charge on any atom is -0.467 e. The van der Waals surface area contributed by atoms with Crippen LogP contribution in [0.25, 0.3) is 0 Å². The maximum Gasteiger partial charge on any atom is 0.276 e. The van der Waals surface area contributed by atoms with Crippen LogP contribution in [-0.2, 0) is 22.9 Å². The fourth-order valence-electron chi connectivity index (χ4n) is 3.65. The molecule has 0 spiro atoms. The van der Waals surface area contributed by atoms with Gasteiger partial charge in [-0.3, -0.25) is 4.79 Å². The van der Waals surface area contributed by atoms with Crippen LogP contribution < -0.4 is 10.2 Å². The lowest BCUT2D eigenvalue weighted by Gasteiger charge is -2.24. The number of aromatic nitrogens is 2. The summed E-state index contributed by atoms with van der Waals surface area (Å²) in [6.45, 7) is 6.24. The van der Waals surface area contributed by atoms with Crippen molar-refractivity contribution in [3.05, 3.63) is 89.0 Å². The van der Waals surface area contributed by atoms with E-state index in [1.54, 1.807) is 23.3 Å². The molecule has 3 heterocycles. The standard InChI is InChI=1S/C25H26N4O5S/c1-16-7-10-21(17(2)12-16)27-24(30)23-22(13-26-25(28-23)35(4,31)32)29(14-19-6-5-11-33-19)15-20-9-8-18(3)34-20/h5-13H,14-15H2,1-4H3,(H,27,30). The molecule has 4 aromatic rings. The first-order valence-electron chi connectivity index (χ1n) is 10.9. The lowest BCUT2D eigenvalue weighted by Crippen LogP contribution is -2.27. The highest BCUT2D eigenvalue weighted by Gasteiger charge is 2.25. The van der Waals surface area contributed by atoms with Gasteiger partial charge in [-0.1, -0.05) is 17.7 Å². The van der Waals surface area contributed by atoms with Gasteiger partial charge in [-0.2, -0.15) is 0 Å². The fraction of sp³-hybridized carbons (Fsp3) is 0.240. The molecule has 0 saturated carbocycles. The smallest absolute Gasteiger partial charge is 0.276 e. The van der Waals surface area contributed by atoms with E-state index in [0.29, 0.717) is 22.9 Å². The Morgan fingerprint density at radius 2 is 1.83 bits per heavy atom. The number of furan rings is 2. The number of sulfone groups is 1. The molecule has 0 atom stereocenters. The van der Waals surface area contributed by atoms with E-state index in [1.165, 1.54) is 6.20 Å². The number of amides is 1. The minimum absolute atomic E-state index is 0.0739. The van der Waals surface area contributed by atoms with Gasteiger partial charge in [0.25, 0.3) is 5.91 Å². The number of hydrogen-bond acceptors (Lipinski definition) is 8. The van der Waals surface area contributed by atoms with E-state index in [9.17, 15) is 13.2 Å². The highest BCUT2D eigenvalue weighted by molar-refractivity contribution is 7.90. The third kappa shape index (κ3) is 5.78. The predicted octanol–water partition coefficient (Wildman–Crippen LogP) is 4.45. The van der Waals surface area contributed by atoms with E-state index in [0.717, 1.165) is 23.1 Å². The number of carbonyl (C=O) groups is 1. The van der Waals surface area contributed by atoms with E-state index < -0.39 is 20.9 Å². The molecule has 1 N–H and O–H groups in total. The molecule has 0 aliphatic heterocycles. The molecule has 1 amide bonds. The zero-order valence-corrected chi connectivity index (χ0v) is 20.7. The highest BCUT2D eigenvalue weighted by Crippen LogP contribution is 2.26. The molecule has 0 bridgehead atoms. The number of hydrogen-bond donors (Lipinski definition) is 1. The fourth-order valence-corrected chi connectivity index (χ4v) is 4.15. The van der Waals surface area contributed by atoms with E-state index in [2.05, 4.69) is 15.3 Å². The first kappa shape index (κ1) is 24.2. The summed E-state index contributed by atoms with van der Waals surface area (Å²) in [4.78, 5) is 23.5. The van der Waals surface area contributed by atoms with Crippen molar-refractivity contribution < 1.29 is 22.0 Å². The summed E-state index contributed by atoms with van der Waals surface area (Å²) in [5.41, 5.74) is 2.79. The number of aryl methyl sites for hydroxylation is 3. The molecule has 0 unspecified atom stereocenters. The summed E-state index contributed by atoms with van der Waals surface area (Å²) >= 11 is 0. The Kier molecular flexibility index (Phi) is 6.74. The van der Waals surface area contributed by atoms with Gasteiger partial charge in [0, 0.05) is 11.9 Å². The first-order chi connectivity index (χ1) is 16.6. The van der Waals surface area contributed by atoms with Crippen LogP contribution in [0.1, 0.15) is 38.9 Å². The second kappa shape index (κ2) is 9.75. The molecular weight excluding hydrogens is 468 g/mol. The molecule has 10 heteroatoms. The topological polar surface area (TPSA) is 119 Å². The SMILES string of the molecule is Cc1ccc(NC(=O)c2nc(S(C)(=O)=O)ncc2N(Cc2ccco2)Cc2ccc(C)o2)c(C)c1. The van der Waals surface area contributed by atoms with Crippen molar-refractivity contribution in [2.24, 2.45) is 0 Å². The van der Waals surface area contributed by atoms with Gasteiger partial charge in [-0.25, -0.2) is 18.4 Å². The molecular formula is C25H26N4O5S. The number of benzene rings is 1. The van der Waals surface area contributed by atoms with Crippen LogP contribution in [0, 0.1) is 20.8 Å². The van der Waals surface area contributed by atoms with Crippen molar-refractivity contribution in [2.75, 3.05) is 16.5 Å². The zero-order valence-electron chi connectivity index (χ0n) is 19.9. The van der Waals surface area contributed by atoms with Gasteiger partial charge in [-0.05, 0) is 56.7 Å². The molecule has 9 nitrogen and oxygen atoms in total. The Morgan fingerprint density at radius 3 is 2.46 bits per heavy atom. The van der Waals surface area contributed by atoms with Crippen molar-refractivity contribution in [1.29, 1.82) is 0 Å². The lowest BCUT2D eigenvalue weighted by molar-refractivity contribution is 0.102. The van der Waals surface area contributed by atoms with Crippen molar-refractivity contribution >= 4 is 27.1 Å². The number of anilines is 2. The van der Waals surface area contributed by atoms with Crippen LogP contribution in [0.5, 0.6) is 0 Å². The number of rotatable bonds is 8. The predicted molar refractivity (Wildman–Crippen MR) is 131 cm³/mol. The molecule has 35 heavy (non-hydrogen) atoms. The molecule has 0 radical (unpaired) electrons. The number of carbonyl (C=O) groups excluding carboxylic acids is 1. The molecule has 0 fully saturated rings.